The smallest absolute Gasteiger partial charge is 0.335 e. The van der Waals surface area contributed by atoms with E-state index in [1.807, 2.05) is 32.0 Å². The number of aryl methyl sites for hydroxylation is 1. The summed E-state index contributed by atoms with van der Waals surface area (Å²) in [5, 5.41) is 5.01. The number of benzene rings is 3. The van der Waals surface area contributed by atoms with Crippen molar-refractivity contribution in [1.82, 2.24) is 5.32 Å². The van der Waals surface area contributed by atoms with Crippen molar-refractivity contribution in [2.24, 2.45) is 0 Å². The maximum atomic E-state index is 13.3. The highest BCUT2D eigenvalue weighted by Gasteiger charge is 2.37. The van der Waals surface area contributed by atoms with Crippen molar-refractivity contribution in [3.8, 4) is 17.2 Å². The molecule has 4 rings (SSSR count). The molecule has 0 spiro atoms. The number of hydrogen-bond donors (Lipinski definition) is 2. The number of ether oxygens (including phenoxy) is 3. The van der Waals surface area contributed by atoms with Gasteiger partial charge in [-0.2, -0.15) is 0 Å². The Hall–Kier alpha value is -4.64. The van der Waals surface area contributed by atoms with Crippen molar-refractivity contribution in [2.45, 2.75) is 20.8 Å². The molecule has 212 valence electrons. The van der Waals surface area contributed by atoms with Gasteiger partial charge in [0.15, 0.2) is 18.1 Å². The summed E-state index contributed by atoms with van der Waals surface area (Å²) in [5.74, 6) is -0.825. The Morgan fingerprint density at radius 1 is 0.976 bits per heavy atom. The van der Waals surface area contributed by atoms with Crippen LogP contribution in [0, 0.1) is 6.92 Å². The minimum atomic E-state index is -0.856. The number of barbiturate groups is 1. The molecule has 1 fully saturated rings. The maximum absolute atomic E-state index is 13.3. The van der Waals surface area contributed by atoms with E-state index in [-0.39, 0.29) is 36.1 Å². The Morgan fingerprint density at radius 2 is 1.68 bits per heavy atom. The number of urea groups is 1. The van der Waals surface area contributed by atoms with Gasteiger partial charge in [-0.15, -0.1) is 0 Å². The van der Waals surface area contributed by atoms with Crippen LogP contribution in [0.2, 0.25) is 0 Å². The second kappa shape index (κ2) is 13.1. The fourth-order valence-corrected chi connectivity index (χ4v) is 4.60. The van der Waals surface area contributed by atoms with E-state index in [4.69, 9.17) is 14.2 Å². The van der Waals surface area contributed by atoms with Crippen LogP contribution in [0.25, 0.3) is 6.08 Å². The number of para-hydroxylation sites is 1. The van der Waals surface area contributed by atoms with Crippen molar-refractivity contribution in [3.05, 3.63) is 81.8 Å². The lowest BCUT2D eigenvalue weighted by Crippen LogP contribution is -2.54. The third-order valence-corrected chi connectivity index (χ3v) is 6.51. The highest BCUT2D eigenvalue weighted by Crippen LogP contribution is 2.38. The van der Waals surface area contributed by atoms with Gasteiger partial charge in [-0.3, -0.25) is 19.7 Å². The van der Waals surface area contributed by atoms with Gasteiger partial charge in [0.1, 0.15) is 11.3 Å². The van der Waals surface area contributed by atoms with E-state index in [1.165, 1.54) is 6.08 Å². The summed E-state index contributed by atoms with van der Waals surface area (Å²) < 4.78 is 17.4. The zero-order valence-corrected chi connectivity index (χ0v) is 24.2. The minimum Gasteiger partial charge on any atom is -0.494 e. The average molecular weight is 622 g/mol. The van der Waals surface area contributed by atoms with Crippen LogP contribution in [0.4, 0.5) is 16.2 Å². The Morgan fingerprint density at radius 3 is 2.37 bits per heavy atom. The second-order valence-corrected chi connectivity index (χ2v) is 9.65. The second-order valence-electron chi connectivity index (χ2n) is 8.80. The monoisotopic (exact) mass is 621 g/mol. The summed E-state index contributed by atoms with van der Waals surface area (Å²) in [7, 11) is 0. The highest BCUT2D eigenvalue weighted by molar-refractivity contribution is 9.10. The minimum absolute atomic E-state index is 0.251. The molecule has 1 aliphatic rings. The highest BCUT2D eigenvalue weighted by atomic mass is 79.9. The van der Waals surface area contributed by atoms with Crippen molar-refractivity contribution >= 4 is 57.1 Å². The molecule has 3 aromatic carbocycles. The largest absolute Gasteiger partial charge is 0.494 e. The number of nitrogens with one attached hydrogen (secondary N) is 2. The van der Waals surface area contributed by atoms with Gasteiger partial charge in [-0.25, -0.2) is 9.69 Å². The fourth-order valence-electron chi connectivity index (χ4n) is 4.03. The van der Waals surface area contributed by atoms with E-state index in [9.17, 15) is 19.2 Å². The number of rotatable bonds is 10. The zero-order chi connectivity index (χ0) is 29.5. The van der Waals surface area contributed by atoms with E-state index < -0.39 is 17.8 Å². The predicted molar refractivity (Wildman–Crippen MR) is 157 cm³/mol. The molecule has 10 nitrogen and oxygen atoms in total. The summed E-state index contributed by atoms with van der Waals surface area (Å²) in [6.45, 7) is 5.98. The van der Waals surface area contributed by atoms with Crippen LogP contribution in [-0.4, -0.2) is 43.6 Å². The van der Waals surface area contributed by atoms with Gasteiger partial charge in [-0.1, -0.05) is 18.2 Å². The molecule has 41 heavy (non-hydrogen) atoms. The number of imide groups is 2. The molecule has 0 atom stereocenters. The molecule has 0 unspecified atom stereocenters. The molecule has 1 aliphatic heterocycles. The Balaban J connectivity index is 1.57. The van der Waals surface area contributed by atoms with Gasteiger partial charge < -0.3 is 19.5 Å². The first-order valence-corrected chi connectivity index (χ1v) is 13.6. The number of anilines is 2. The van der Waals surface area contributed by atoms with Crippen LogP contribution in [0.3, 0.4) is 0 Å². The predicted octanol–water partition coefficient (Wildman–Crippen LogP) is 5.24. The topological polar surface area (TPSA) is 123 Å². The molecule has 5 amide bonds. The van der Waals surface area contributed by atoms with Crippen LogP contribution in [0.1, 0.15) is 25.0 Å². The first-order valence-electron chi connectivity index (χ1n) is 12.8. The quantitative estimate of drug-likeness (QED) is 0.234. The first kappa shape index (κ1) is 29.3. The molecule has 0 aliphatic carbocycles. The summed E-state index contributed by atoms with van der Waals surface area (Å²) in [4.78, 5) is 51.9. The molecule has 0 aromatic heterocycles. The molecular formula is C30H28BrN3O7. The Labute approximate surface area is 245 Å². The van der Waals surface area contributed by atoms with Crippen molar-refractivity contribution in [2.75, 3.05) is 30.0 Å². The normalized spacial score (nSPS) is 14.1. The summed E-state index contributed by atoms with van der Waals surface area (Å²) >= 11 is 3.44. The third-order valence-electron chi connectivity index (χ3n) is 5.92. The van der Waals surface area contributed by atoms with E-state index in [0.717, 1.165) is 10.5 Å². The van der Waals surface area contributed by atoms with Crippen LogP contribution in [0.15, 0.2) is 70.7 Å². The molecule has 0 radical (unpaired) electrons. The first-order chi connectivity index (χ1) is 19.7. The molecule has 2 N–H and O–H groups in total. The van der Waals surface area contributed by atoms with Gasteiger partial charge in [0.2, 0.25) is 0 Å². The molecule has 0 bridgehead atoms. The lowest BCUT2D eigenvalue weighted by Gasteiger charge is -2.26. The van der Waals surface area contributed by atoms with E-state index in [2.05, 4.69) is 26.6 Å². The van der Waals surface area contributed by atoms with Crippen LogP contribution < -0.4 is 29.7 Å². The molecule has 3 aromatic rings. The van der Waals surface area contributed by atoms with E-state index in [0.29, 0.717) is 33.8 Å². The fraction of sp³-hybridized carbons (Fsp3) is 0.200. The molecule has 1 saturated heterocycles. The van der Waals surface area contributed by atoms with Crippen molar-refractivity contribution in [1.29, 1.82) is 0 Å². The third kappa shape index (κ3) is 6.93. The molecular weight excluding hydrogens is 594 g/mol. The zero-order valence-electron chi connectivity index (χ0n) is 22.7. The van der Waals surface area contributed by atoms with Crippen molar-refractivity contribution in [3.63, 3.8) is 0 Å². The lowest BCUT2D eigenvalue weighted by molar-refractivity contribution is -0.122. The van der Waals surface area contributed by atoms with Gasteiger partial charge in [0, 0.05) is 5.69 Å². The number of carbonyl (C=O) groups is 4. The Kier molecular flexibility index (Phi) is 9.41. The molecule has 0 saturated carbocycles. The lowest BCUT2D eigenvalue weighted by atomic mass is 10.1. The summed E-state index contributed by atoms with van der Waals surface area (Å²) in [6.07, 6.45) is 1.35. The van der Waals surface area contributed by atoms with Gasteiger partial charge in [-0.05, 0) is 96.4 Å². The number of halogens is 1. The number of nitrogens with zero attached hydrogens (tertiary/aromatic N) is 1. The van der Waals surface area contributed by atoms with Crippen molar-refractivity contribution < 1.29 is 33.4 Å². The average Bonchev–Trinajstić information content (AvgIpc) is 2.93. The van der Waals surface area contributed by atoms with E-state index >= 15 is 0 Å². The molecule has 11 heteroatoms. The number of carbonyl (C=O) groups excluding carboxylic acids is 4. The van der Waals surface area contributed by atoms with Gasteiger partial charge >= 0.3 is 6.03 Å². The number of hydrogen-bond acceptors (Lipinski definition) is 7. The van der Waals surface area contributed by atoms with Crippen LogP contribution >= 0.6 is 15.9 Å². The Bertz CT molecular complexity index is 1520. The van der Waals surface area contributed by atoms with Gasteiger partial charge in [0.05, 0.1) is 23.4 Å². The molecule has 1 heterocycles. The maximum Gasteiger partial charge on any atom is 0.335 e. The summed E-state index contributed by atoms with van der Waals surface area (Å²) in [6, 6.07) is 16.1. The SMILES string of the molecule is CCOc1ccc(N2C(=O)NC(=O)/C(=C\c3cc(Br)c(OCC(=O)Nc4ccccc4C)c(OCC)c3)C2=O)cc1. The van der Waals surface area contributed by atoms with Crippen LogP contribution in [-0.2, 0) is 14.4 Å². The van der Waals surface area contributed by atoms with Crippen LogP contribution in [0.5, 0.6) is 17.2 Å². The summed E-state index contributed by atoms with van der Waals surface area (Å²) in [5.41, 5.74) is 2.05. The van der Waals surface area contributed by atoms with Gasteiger partial charge in [0.25, 0.3) is 17.7 Å². The van der Waals surface area contributed by atoms with E-state index in [1.54, 1.807) is 49.4 Å². The standard InChI is InChI=1S/C30H28BrN3O7/c1-4-39-21-12-10-20(11-13-21)34-29(37)22(28(36)33-30(34)38)14-19-15-23(31)27(25(16-19)40-5-2)41-17-26(35)32-24-9-7-6-8-18(24)3/h6-16H,4-5,17H2,1-3H3,(H,32,35)(H,33,36,38)/b22-14+. The number of amides is 5.